The highest BCUT2D eigenvalue weighted by atomic mass is 32.2. The van der Waals surface area contributed by atoms with E-state index in [-0.39, 0.29) is 10.9 Å². The molecule has 2 unspecified atom stereocenters. The number of amides is 1. The maximum absolute atomic E-state index is 13.2. The predicted molar refractivity (Wildman–Crippen MR) is 138 cm³/mol. The van der Waals surface area contributed by atoms with Crippen molar-refractivity contribution in [3.63, 3.8) is 0 Å². The zero-order chi connectivity index (χ0) is 25.5. The summed E-state index contributed by atoms with van der Waals surface area (Å²) in [5.41, 5.74) is 0. The smallest absolute Gasteiger partial charge is 0.243 e. The van der Waals surface area contributed by atoms with E-state index in [1.165, 1.54) is 6.07 Å². The molecule has 1 amide bonds. The summed E-state index contributed by atoms with van der Waals surface area (Å²) in [7, 11) is -4.01. The lowest BCUT2D eigenvalue weighted by molar-refractivity contribution is -0.136. The van der Waals surface area contributed by atoms with E-state index < -0.39 is 28.6 Å². The van der Waals surface area contributed by atoms with Crippen LogP contribution >= 0.6 is 0 Å². The lowest BCUT2D eigenvalue weighted by atomic mass is 9.98. The van der Waals surface area contributed by atoms with E-state index in [2.05, 4.69) is 14.7 Å². The number of aliphatic hydroxyl groups is 1. The van der Waals surface area contributed by atoms with Gasteiger partial charge in [-0.3, -0.25) is 4.79 Å². The van der Waals surface area contributed by atoms with Gasteiger partial charge in [-0.05, 0) is 54.5 Å². The molecule has 10 nitrogen and oxygen atoms in total. The van der Waals surface area contributed by atoms with Crippen LogP contribution in [-0.2, 0) is 19.6 Å². The topological polar surface area (TPSA) is 138 Å². The lowest BCUT2D eigenvalue weighted by Crippen LogP contribution is -2.52. The Morgan fingerprint density at radius 2 is 1.89 bits per heavy atom. The van der Waals surface area contributed by atoms with Crippen LogP contribution in [0.4, 0.5) is 0 Å². The van der Waals surface area contributed by atoms with Crippen molar-refractivity contribution in [1.29, 1.82) is 0 Å². The van der Waals surface area contributed by atoms with Crippen LogP contribution < -0.4 is 10.6 Å². The van der Waals surface area contributed by atoms with E-state index in [4.69, 9.17) is 10.6 Å². The zero-order valence-electron chi connectivity index (χ0n) is 20.3. The SMILES string of the molecule is NN=CN1CCC(COCC2CCCN2C(=O)C(CO)NS(=O)(=O)c2ccc3ccccc3c2)CC1. The fourth-order valence-corrected chi connectivity index (χ4v) is 6.17. The number of nitrogens with two attached hydrogens (primary N) is 1. The minimum atomic E-state index is -4.01. The third-order valence-corrected chi connectivity index (χ3v) is 8.48. The Hall–Kier alpha value is -2.73. The highest BCUT2D eigenvalue weighted by Crippen LogP contribution is 2.22. The molecular weight excluding hydrogens is 482 g/mol. The molecule has 4 rings (SSSR count). The number of hydrogen-bond acceptors (Lipinski definition) is 7. The summed E-state index contributed by atoms with van der Waals surface area (Å²) in [5, 5.41) is 15.2. The molecule has 2 aliphatic rings. The number of aliphatic hydroxyl groups excluding tert-OH is 1. The van der Waals surface area contributed by atoms with Gasteiger partial charge >= 0.3 is 0 Å². The summed E-state index contributed by atoms with van der Waals surface area (Å²) >= 11 is 0. The molecule has 2 aliphatic heterocycles. The number of sulfonamides is 1. The van der Waals surface area contributed by atoms with Gasteiger partial charge in [0.1, 0.15) is 12.4 Å². The number of rotatable bonds is 10. The van der Waals surface area contributed by atoms with Gasteiger partial charge in [-0.25, -0.2) is 8.42 Å². The zero-order valence-corrected chi connectivity index (χ0v) is 21.1. The Morgan fingerprint density at radius 3 is 2.61 bits per heavy atom. The van der Waals surface area contributed by atoms with Crippen LogP contribution in [0.3, 0.4) is 0 Å². The Kier molecular flexibility index (Phi) is 8.78. The van der Waals surface area contributed by atoms with Gasteiger partial charge in [0.2, 0.25) is 15.9 Å². The molecule has 0 radical (unpaired) electrons. The number of nitrogens with zero attached hydrogens (tertiary/aromatic N) is 3. The number of carbonyl (C=O) groups excluding carboxylic acids is 1. The Bertz CT molecular complexity index is 1170. The molecule has 0 bridgehead atoms. The fourth-order valence-electron chi connectivity index (χ4n) is 4.96. The Morgan fingerprint density at radius 1 is 1.14 bits per heavy atom. The summed E-state index contributed by atoms with van der Waals surface area (Å²) in [4.78, 5) is 17.0. The maximum atomic E-state index is 13.2. The van der Waals surface area contributed by atoms with Crippen molar-refractivity contribution in [3.8, 4) is 0 Å². The third-order valence-electron chi connectivity index (χ3n) is 7.01. The number of benzene rings is 2. The number of nitrogens with one attached hydrogen (secondary N) is 1. The van der Waals surface area contributed by atoms with E-state index in [1.54, 1.807) is 23.4 Å². The first-order valence-corrected chi connectivity index (χ1v) is 13.9. The predicted octanol–water partition coefficient (Wildman–Crippen LogP) is 1.10. The summed E-state index contributed by atoms with van der Waals surface area (Å²) < 4.78 is 34.4. The normalized spacial score (nSPS) is 20.4. The maximum Gasteiger partial charge on any atom is 0.243 e. The van der Waals surface area contributed by atoms with Crippen LogP contribution in [0.2, 0.25) is 0 Å². The van der Waals surface area contributed by atoms with Crippen molar-refractivity contribution in [2.75, 3.05) is 39.5 Å². The molecule has 2 atom stereocenters. The van der Waals surface area contributed by atoms with Crippen molar-refractivity contribution in [3.05, 3.63) is 42.5 Å². The van der Waals surface area contributed by atoms with Gasteiger partial charge < -0.3 is 25.5 Å². The molecule has 0 aromatic heterocycles. The molecule has 2 aromatic carbocycles. The third kappa shape index (κ3) is 6.33. The average Bonchev–Trinajstić information content (AvgIpc) is 3.36. The van der Waals surface area contributed by atoms with E-state index in [0.717, 1.165) is 49.5 Å². The highest BCUT2D eigenvalue weighted by molar-refractivity contribution is 7.89. The van der Waals surface area contributed by atoms with Crippen molar-refractivity contribution < 1.29 is 23.1 Å². The molecule has 4 N–H and O–H groups in total. The lowest BCUT2D eigenvalue weighted by Gasteiger charge is -2.31. The Balaban J connectivity index is 1.33. The molecule has 196 valence electrons. The van der Waals surface area contributed by atoms with Crippen LogP contribution in [0.15, 0.2) is 52.5 Å². The number of hydrazone groups is 1. The first-order chi connectivity index (χ1) is 17.4. The molecule has 2 heterocycles. The van der Waals surface area contributed by atoms with Gasteiger partial charge in [0.25, 0.3) is 0 Å². The quantitative estimate of drug-likeness (QED) is 0.186. The van der Waals surface area contributed by atoms with Crippen molar-refractivity contribution in [1.82, 2.24) is 14.5 Å². The van der Waals surface area contributed by atoms with Crippen LogP contribution in [0.25, 0.3) is 10.8 Å². The highest BCUT2D eigenvalue weighted by Gasteiger charge is 2.35. The second-order valence-electron chi connectivity index (χ2n) is 9.47. The van der Waals surface area contributed by atoms with Crippen molar-refractivity contribution in [2.45, 2.75) is 42.7 Å². The Labute approximate surface area is 212 Å². The van der Waals surface area contributed by atoms with Crippen LogP contribution in [0.1, 0.15) is 25.7 Å². The van der Waals surface area contributed by atoms with Crippen LogP contribution in [0.5, 0.6) is 0 Å². The second-order valence-corrected chi connectivity index (χ2v) is 11.2. The molecular formula is C25H35N5O5S. The number of likely N-dealkylation sites (tertiary alicyclic amines) is 2. The largest absolute Gasteiger partial charge is 0.394 e. The number of fused-ring (bicyclic) bond motifs is 1. The standard InChI is InChI=1S/C25H35N5O5S/c26-27-18-29-12-9-19(10-13-29)16-35-17-22-6-3-11-30(22)25(32)24(15-31)28-36(33,34)23-8-7-20-4-1-2-5-21(20)14-23/h1-2,4-5,7-8,14,18-19,22,24,28,31H,3,6,9-13,15-17,26H2. The minimum Gasteiger partial charge on any atom is -0.394 e. The van der Waals surface area contributed by atoms with Gasteiger partial charge in [0, 0.05) is 26.2 Å². The van der Waals surface area contributed by atoms with Gasteiger partial charge in [-0.1, -0.05) is 30.3 Å². The molecule has 11 heteroatoms. The molecule has 0 aliphatic carbocycles. The number of hydrogen-bond donors (Lipinski definition) is 3. The first-order valence-electron chi connectivity index (χ1n) is 12.4. The van der Waals surface area contributed by atoms with Crippen LogP contribution in [-0.4, -0.2) is 87.1 Å². The number of piperidine rings is 1. The van der Waals surface area contributed by atoms with E-state index in [0.29, 0.717) is 25.7 Å². The van der Waals surface area contributed by atoms with E-state index in [1.807, 2.05) is 24.3 Å². The second kappa shape index (κ2) is 12.0. The summed E-state index contributed by atoms with van der Waals surface area (Å²) in [6.07, 6.45) is 5.23. The molecule has 2 fully saturated rings. The van der Waals surface area contributed by atoms with Gasteiger partial charge in [-0.2, -0.15) is 9.82 Å². The van der Waals surface area contributed by atoms with Crippen molar-refractivity contribution in [2.24, 2.45) is 16.9 Å². The van der Waals surface area contributed by atoms with Gasteiger partial charge in [-0.15, -0.1) is 0 Å². The van der Waals surface area contributed by atoms with Gasteiger partial charge in [0.15, 0.2) is 0 Å². The van der Waals surface area contributed by atoms with E-state index >= 15 is 0 Å². The monoisotopic (exact) mass is 517 g/mol. The van der Waals surface area contributed by atoms with E-state index in [9.17, 15) is 18.3 Å². The summed E-state index contributed by atoms with van der Waals surface area (Å²) in [6, 6.07) is 10.8. The first kappa shape index (κ1) is 26.3. The molecule has 0 spiro atoms. The molecule has 36 heavy (non-hydrogen) atoms. The number of ether oxygens (including phenoxy) is 1. The molecule has 2 saturated heterocycles. The molecule has 2 aromatic rings. The number of carbonyl (C=O) groups is 1. The van der Waals surface area contributed by atoms with Crippen molar-refractivity contribution >= 4 is 33.0 Å². The van der Waals surface area contributed by atoms with Gasteiger partial charge in [0.05, 0.1) is 24.2 Å². The average molecular weight is 518 g/mol. The minimum absolute atomic E-state index is 0.0533. The summed E-state index contributed by atoms with van der Waals surface area (Å²) in [6.45, 7) is 2.67. The summed E-state index contributed by atoms with van der Waals surface area (Å²) in [5.74, 6) is 5.23. The molecule has 0 saturated carbocycles. The van der Waals surface area contributed by atoms with Crippen LogP contribution in [0, 0.1) is 5.92 Å². The fraction of sp³-hybridized carbons (Fsp3) is 0.520.